The number of piperidine rings is 1. The highest BCUT2D eigenvalue weighted by molar-refractivity contribution is 6.31. The highest BCUT2D eigenvalue weighted by Crippen LogP contribution is 2.40. The van der Waals surface area contributed by atoms with E-state index in [1.165, 1.54) is 12.0 Å². The van der Waals surface area contributed by atoms with E-state index < -0.39 is 0 Å². The van der Waals surface area contributed by atoms with Gasteiger partial charge in [0, 0.05) is 30.2 Å². The molecule has 1 N–H and O–H groups in total. The number of hydrogen-bond donors (Lipinski definition) is 1. The van der Waals surface area contributed by atoms with Crippen LogP contribution in [0.15, 0.2) is 36.4 Å². The lowest BCUT2D eigenvalue weighted by Gasteiger charge is -2.45. The van der Waals surface area contributed by atoms with Crippen molar-refractivity contribution >= 4 is 46.4 Å². The Morgan fingerprint density at radius 1 is 1.03 bits per heavy atom. The smallest absolute Gasteiger partial charge is 0.253 e. The molecule has 3 aliphatic rings. The molecule has 2 saturated heterocycles. The third kappa shape index (κ3) is 4.55. The first-order chi connectivity index (χ1) is 17.0. The molecule has 2 aromatic rings. The molecule has 5 rings (SSSR count). The van der Waals surface area contributed by atoms with Crippen LogP contribution in [0.3, 0.4) is 0 Å². The summed E-state index contributed by atoms with van der Waals surface area (Å²) in [4.78, 5) is 45.3. The summed E-state index contributed by atoms with van der Waals surface area (Å²) in [7, 11) is 1.51. The number of likely N-dealkylation sites (tertiary alicyclic amines) is 1. The first-order valence-electron chi connectivity index (χ1n) is 12.1. The molecule has 184 valence electrons. The van der Waals surface area contributed by atoms with E-state index >= 15 is 0 Å². The van der Waals surface area contributed by atoms with Crippen LogP contribution in [0, 0.1) is 0 Å². The number of hydrogen-bond acceptors (Lipinski definition) is 5. The topological polar surface area (TPSA) is 82.2 Å². The molecule has 8 nitrogen and oxygen atoms in total. The lowest BCUT2D eigenvalue weighted by Crippen LogP contribution is -2.56. The highest BCUT2D eigenvalue weighted by Gasteiger charge is 2.40. The summed E-state index contributed by atoms with van der Waals surface area (Å²) >= 11 is 6.10. The monoisotopic (exact) mass is 496 g/mol. The SMILES string of the molecule is COc1ccc(Cl)cc1NC(=O)CN1C(=O)C2CCCCN2c2ccc(C(=O)N3CCCC3)cc21. The molecular formula is C26H29ClN4O4. The van der Waals surface area contributed by atoms with Crippen LogP contribution in [-0.4, -0.2) is 62.0 Å². The molecule has 2 fully saturated rings. The quantitative estimate of drug-likeness (QED) is 0.678. The summed E-state index contributed by atoms with van der Waals surface area (Å²) in [5.41, 5.74) is 2.47. The highest BCUT2D eigenvalue weighted by atomic mass is 35.5. The Morgan fingerprint density at radius 3 is 2.57 bits per heavy atom. The average Bonchev–Trinajstić information content (AvgIpc) is 3.41. The molecule has 0 saturated carbocycles. The van der Waals surface area contributed by atoms with E-state index in [9.17, 15) is 14.4 Å². The zero-order valence-corrected chi connectivity index (χ0v) is 20.5. The minimum absolute atomic E-state index is 0.0356. The summed E-state index contributed by atoms with van der Waals surface area (Å²) in [6.07, 6.45) is 4.72. The average molecular weight is 497 g/mol. The molecule has 0 aliphatic carbocycles. The maximum Gasteiger partial charge on any atom is 0.253 e. The molecule has 1 atom stereocenters. The molecule has 3 heterocycles. The van der Waals surface area contributed by atoms with Crippen LogP contribution in [0.25, 0.3) is 0 Å². The third-order valence-corrected chi connectivity index (χ3v) is 7.24. The van der Waals surface area contributed by atoms with Crippen molar-refractivity contribution in [1.82, 2.24) is 4.90 Å². The summed E-state index contributed by atoms with van der Waals surface area (Å²) in [5.74, 6) is -0.0433. The number of benzene rings is 2. The lowest BCUT2D eigenvalue weighted by molar-refractivity contribution is -0.123. The van der Waals surface area contributed by atoms with Crippen LogP contribution in [0.5, 0.6) is 5.75 Å². The van der Waals surface area contributed by atoms with E-state index in [0.717, 1.165) is 57.4 Å². The third-order valence-electron chi connectivity index (χ3n) is 7.01. The van der Waals surface area contributed by atoms with Gasteiger partial charge in [-0.25, -0.2) is 0 Å². The molecule has 2 aromatic carbocycles. The van der Waals surface area contributed by atoms with Crippen LogP contribution in [0.4, 0.5) is 17.1 Å². The van der Waals surface area contributed by atoms with Crippen LogP contribution in [0.2, 0.25) is 5.02 Å². The van der Waals surface area contributed by atoms with Gasteiger partial charge in [-0.1, -0.05) is 11.6 Å². The Bertz CT molecular complexity index is 1160. The summed E-state index contributed by atoms with van der Waals surface area (Å²) < 4.78 is 5.33. The number of anilines is 3. The minimum atomic E-state index is -0.370. The van der Waals surface area contributed by atoms with Crippen molar-refractivity contribution in [3.8, 4) is 5.75 Å². The second-order valence-corrected chi connectivity index (χ2v) is 9.66. The van der Waals surface area contributed by atoms with Crippen molar-refractivity contribution < 1.29 is 19.1 Å². The van der Waals surface area contributed by atoms with Gasteiger partial charge in [-0.3, -0.25) is 19.3 Å². The van der Waals surface area contributed by atoms with Crippen LogP contribution >= 0.6 is 11.6 Å². The molecule has 0 aromatic heterocycles. The summed E-state index contributed by atoms with van der Waals surface area (Å²) in [6, 6.07) is 10.2. The number of nitrogens with zero attached hydrogens (tertiary/aromatic N) is 3. The Morgan fingerprint density at radius 2 is 1.80 bits per heavy atom. The van der Waals surface area contributed by atoms with Gasteiger partial charge in [-0.15, -0.1) is 0 Å². The number of nitrogens with one attached hydrogen (secondary N) is 1. The van der Waals surface area contributed by atoms with E-state index in [1.54, 1.807) is 24.3 Å². The molecule has 9 heteroatoms. The zero-order valence-electron chi connectivity index (χ0n) is 19.8. The van der Waals surface area contributed by atoms with E-state index in [2.05, 4.69) is 10.2 Å². The standard InChI is InChI=1S/C26H29ClN4O4/c1-35-23-10-8-18(27)15-19(23)28-24(32)16-31-22-14-17(25(33)29-11-4-5-12-29)7-9-20(22)30-13-3-2-6-21(30)26(31)34/h7-10,14-15,21H,2-6,11-13,16H2,1H3,(H,28,32). The Balaban J connectivity index is 1.46. The van der Waals surface area contributed by atoms with Gasteiger partial charge < -0.3 is 19.9 Å². The van der Waals surface area contributed by atoms with E-state index in [-0.39, 0.29) is 30.3 Å². The number of ether oxygens (including phenoxy) is 1. The number of methoxy groups -OCH3 is 1. The second kappa shape index (κ2) is 9.77. The predicted molar refractivity (Wildman–Crippen MR) is 136 cm³/mol. The normalized spacial score (nSPS) is 19.3. The number of fused-ring (bicyclic) bond motifs is 3. The number of rotatable bonds is 5. The fourth-order valence-corrected chi connectivity index (χ4v) is 5.44. The predicted octanol–water partition coefficient (Wildman–Crippen LogP) is 3.93. The molecule has 0 radical (unpaired) electrons. The van der Waals surface area contributed by atoms with E-state index in [0.29, 0.717) is 27.7 Å². The lowest BCUT2D eigenvalue weighted by atomic mass is 9.95. The van der Waals surface area contributed by atoms with Crippen LogP contribution in [0.1, 0.15) is 42.5 Å². The number of carbonyl (C=O) groups excluding carboxylic acids is 3. The molecule has 1 unspecified atom stereocenters. The Labute approximate surface area is 209 Å². The molecular weight excluding hydrogens is 468 g/mol. The van der Waals surface area contributed by atoms with Crippen molar-refractivity contribution in [3.05, 3.63) is 47.0 Å². The van der Waals surface area contributed by atoms with E-state index in [4.69, 9.17) is 16.3 Å². The van der Waals surface area contributed by atoms with Crippen molar-refractivity contribution in [2.75, 3.05) is 48.4 Å². The van der Waals surface area contributed by atoms with Gasteiger partial charge in [0.2, 0.25) is 11.8 Å². The Kier molecular flexibility index (Phi) is 6.56. The van der Waals surface area contributed by atoms with Gasteiger partial charge >= 0.3 is 0 Å². The van der Waals surface area contributed by atoms with Gasteiger partial charge in [0.1, 0.15) is 18.3 Å². The van der Waals surface area contributed by atoms with Gasteiger partial charge in [0.05, 0.1) is 24.2 Å². The summed E-state index contributed by atoms with van der Waals surface area (Å²) in [5, 5.41) is 3.29. The molecule has 0 spiro atoms. The number of carbonyl (C=O) groups is 3. The fraction of sp³-hybridized carbons (Fsp3) is 0.423. The minimum Gasteiger partial charge on any atom is -0.495 e. The fourth-order valence-electron chi connectivity index (χ4n) is 5.27. The zero-order chi connectivity index (χ0) is 24.5. The second-order valence-electron chi connectivity index (χ2n) is 9.22. The van der Waals surface area contributed by atoms with Gasteiger partial charge in [-0.05, 0) is 68.5 Å². The number of halogens is 1. The van der Waals surface area contributed by atoms with Crippen molar-refractivity contribution in [3.63, 3.8) is 0 Å². The number of amides is 3. The summed E-state index contributed by atoms with van der Waals surface area (Å²) in [6.45, 7) is 2.10. The van der Waals surface area contributed by atoms with Crippen molar-refractivity contribution in [1.29, 1.82) is 0 Å². The van der Waals surface area contributed by atoms with E-state index in [1.807, 2.05) is 17.0 Å². The van der Waals surface area contributed by atoms with Crippen molar-refractivity contribution in [2.24, 2.45) is 0 Å². The van der Waals surface area contributed by atoms with Gasteiger partial charge in [0.25, 0.3) is 5.91 Å². The van der Waals surface area contributed by atoms with Crippen LogP contribution < -0.4 is 19.9 Å². The molecule has 3 aliphatic heterocycles. The molecule has 0 bridgehead atoms. The largest absolute Gasteiger partial charge is 0.495 e. The van der Waals surface area contributed by atoms with Crippen molar-refractivity contribution in [2.45, 2.75) is 38.1 Å². The first-order valence-corrected chi connectivity index (χ1v) is 12.5. The molecule has 35 heavy (non-hydrogen) atoms. The van der Waals surface area contributed by atoms with Gasteiger partial charge in [-0.2, -0.15) is 0 Å². The maximum absolute atomic E-state index is 13.6. The molecule has 3 amide bonds. The Hall–Kier alpha value is -3.26. The van der Waals surface area contributed by atoms with Crippen LogP contribution in [-0.2, 0) is 9.59 Å². The maximum atomic E-state index is 13.6. The first kappa shape index (κ1) is 23.5. The van der Waals surface area contributed by atoms with Gasteiger partial charge in [0.15, 0.2) is 0 Å².